The second kappa shape index (κ2) is 7.90. The standard InChI is InChI=1S/C13H21N3O.2ClH/c1-9-6-15-12(10(2)13(9)17-3)8-16-5-4-11(14)7-16;;/h6,11H,4-5,7-8,14H2,1-3H3;2*1H/t11-;;/m1../s1. The fourth-order valence-corrected chi connectivity index (χ4v) is 2.45. The fraction of sp³-hybridized carbons (Fsp3) is 0.615. The summed E-state index contributed by atoms with van der Waals surface area (Å²) in [5, 5.41) is 0. The molecular formula is C13H23Cl2N3O. The van der Waals surface area contributed by atoms with Gasteiger partial charge in [0.15, 0.2) is 0 Å². The molecule has 19 heavy (non-hydrogen) atoms. The molecule has 0 bridgehead atoms. The largest absolute Gasteiger partial charge is 0.496 e. The zero-order chi connectivity index (χ0) is 12.4. The number of nitrogens with zero attached hydrogens (tertiary/aromatic N) is 2. The van der Waals surface area contributed by atoms with Crippen LogP contribution >= 0.6 is 24.8 Å². The molecule has 0 aromatic carbocycles. The highest BCUT2D eigenvalue weighted by molar-refractivity contribution is 5.85. The first-order valence-electron chi connectivity index (χ1n) is 6.08. The van der Waals surface area contributed by atoms with Crippen LogP contribution in [0.1, 0.15) is 23.2 Å². The Bertz CT molecular complexity index is 415. The van der Waals surface area contributed by atoms with Crippen molar-refractivity contribution in [2.45, 2.75) is 32.9 Å². The van der Waals surface area contributed by atoms with Crippen LogP contribution in [0.15, 0.2) is 6.20 Å². The molecule has 6 heteroatoms. The summed E-state index contributed by atoms with van der Waals surface area (Å²) < 4.78 is 5.42. The van der Waals surface area contributed by atoms with Crippen LogP contribution in [-0.4, -0.2) is 36.1 Å². The first-order valence-corrected chi connectivity index (χ1v) is 6.08. The Hall–Kier alpha value is -0.550. The highest BCUT2D eigenvalue weighted by atomic mass is 35.5. The van der Waals surface area contributed by atoms with Crippen molar-refractivity contribution >= 4 is 24.8 Å². The summed E-state index contributed by atoms with van der Waals surface area (Å²) in [6.45, 7) is 7.00. The highest BCUT2D eigenvalue weighted by Gasteiger charge is 2.20. The Kier molecular flexibility index (Phi) is 7.67. The normalized spacial score (nSPS) is 18.6. The number of methoxy groups -OCH3 is 1. The van der Waals surface area contributed by atoms with Crippen LogP contribution in [0.3, 0.4) is 0 Å². The monoisotopic (exact) mass is 307 g/mol. The minimum absolute atomic E-state index is 0. The number of halogens is 2. The molecule has 110 valence electrons. The van der Waals surface area contributed by atoms with Crippen LogP contribution in [-0.2, 0) is 6.54 Å². The van der Waals surface area contributed by atoms with E-state index in [4.69, 9.17) is 10.5 Å². The van der Waals surface area contributed by atoms with Crippen LogP contribution in [0.5, 0.6) is 5.75 Å². The van der Waals surface area contributed by atoms with Crippen molar-refractivity contribution in [3.63, 3.8) is 0 Å². The van der Waals surface area contributed by atoms with Crippen LogP contribution in [0.4, 0.5) is 0 Å². The van der Waals surface area contributed by atoms with Gasteiger partial charge in [-0.25, -0.2) is 0 Å². The molecule has 0 aliphatic carbocycles. The summed E-state index contributed by atoms with van der Waals surface area (Å²) in [6, 6.07) is 0.322. The summed E-state index contributed by atoms with van der Waals surface area (Å²) >= 11 is 0. The van der Waals surface area contributed by atoms with Crippen molar-refractivity contribution in [2.75, 3.05) is 20.2 Å². The molecule has 2 N–H and O–H groups in total. The summed E-state index contributed by atoms with van der Waals surface area (Å²) in [6.07, 6.45) is 2.97. The third-order valence-electron chi connectivity index (χ3n) is 3.43. The van der Waals surface area contributed by atoms with Crippen molar-refractivity contribution in [1.82, 2.24) is 9.88 Å². The Morgan fingerprint density at radius 2 is 2.11 bits per heavy atom. The lowest BCUT2D eigenvalue weighted by Gasteiger charge is -2.18. The summed E-state index contributed by atoms with van der Waals surface area (Å²) in [4.78, 5) is 6.87. The maximum Gasteiger partial charge on any atom is 0.128 e. The van der Waals surface area contributed by atoms with Crippen LogP contribution < -0.4 is 10.5 Å². The second-order valence-electron chi connectivity index (χ2n) is 4.83. The molecule has 1 aliphatic rings. The van der Waals surface area contributed by atoms with Crippen molar-refractivity contribution in [3.8, 4) is 5.75 Å². The molecule has 0 spiro atoms. The molecule has 1 atom stereocenters. The van der Waals surface area contributed by atoms with Gasteiger partial charge in [-0.15, -0.1) is 24.8 Å². The third kappa shape index (κ3) is 4.21. The van der Waals surface area contributed by atoms with Gasteiger partial charge in [-0.2, -0.15) is 0 Å². The number of rotatable bonds is 3. The maximum atomic E-state index is 5.91. The predicted molar refractivity (Wildman–Crippen MR) is 82.6 cm³/mol. The van der Waals surface area contributed by atoms with Gasteiger partial charge in [0.05, 0.1) is 12.8 Å². The van der Waals surface area contributed by atoms with Gasteiger partial charge in [-0.05, 0) is 20.3 Å². The molecule has 1 aromatic rings. The molecule has 1 aromatic heterocycles. The molecular weight excluding hydrogens is 285 g/mol. The van der Waals surface area contributed by atoms with Crippen molar-refractivity contribution in [2.24, 2.45) is 5.73 Å². The molecule has 1 aliphatic heterocycles. The molecule has 0 amide bonds. The smallest absolute Gasteiger partial charge is 0.128 e. The van der Waals surface area contributed by atoms with Crippen LogP contribution in [0, 0.1) is 13.8 Å². The van der Waals surface area contributed by atoms with Gasteiger partial charge in [-0.1, -0.05) is 0 Å². The number of aryl methyl sites for hydroxylation is 1. The Balaban J connectivity index is 0.00000162. The summed E-state index contributed by atoms with van der Waals surface area (Å²) in [7, 11) is 1.71. The molecule has 0 saturated carbocycles. The zero-order valence-electron chi connectivity index (χ0n) is 11.7. The van der Waals surface area contributed by atoms with Gasteiger partial charge in [-0.3, -0.25) is 9.88 Å². The second-order valence-corrected chi connectivity index (χ2v) is 4.83. The number of likely N-dealkylation sites (tertiary alicyclic amines) is 1. The summed E-state index contributed by atoms with van der Waals surface area (Å²) in [5.41, 5.74) is 9.24. The van der Waals surface area contributed by atoms with E-state index < -0.39 is 0 Å². The molecule has 1 saturated heterocycles. The molecule has 2 heterocycles. The minimum atomic E-state index is 0. The molecule has 2 rings (SSSR count). The minimum Gasteiger partial charge on any atom is -0.496 e. The van der Waals surface area contributed by atoms with Gasteiger partial charge < -0.3 is 10.5 Å². The number of hydrogen-bond donors (Lipinski definition) is 1. The number of ether oxygens (including phenoxy) is 1. The first kappa shape index (κ1) is 18.4. The number of hydrogen-bond acceptors (Lipinski definition) is 4. The number of aromatic nitrogens is 1. The van der Waals surface area contributed by atoms with Gasteiger partial charge in [0.1, 0.15) is 5.75 Å². The van der Waals surface area contributed by atoms with Crippen molar-refractivity contribution < 1.29 is 4.74 Å². The number of pyridine rings is 1. The van der Waals surface area contributed by atoms with E-state index in [1.807, 2.05) is 13.1 Å². The lowest BCUT2D eigenvalue weighted by molar-refractivity contribution is 0.320. The van der Waals surface area contributed by atoms with Gasteiger partial charge >= 0.3 is 0 Å². The topological polar surface area (TPSA) is 51.4 Å². The van der Waals surface area contributed by atoms with E-state index in [1.165, 1.54) is 0 Å². The molecule has 0 unspecified atom stereocenters. The predicted octanol–water partition coefficient (Wildman–Crippen LogP) is 2.08. The third-order valence-corrected chi connectivity index (χ3v) is 3.43. The lowest BCUT2D eigenvalue weighted by Crippen LogP contribution is -2.26. The van der Waals surface area contributed by atoms with Gasteiger partial charge in [0, 0.05) is 43.0 Å². The molecule has 0 radical (unpaired) electrons. The maximum absolute atomic E-state index is 5.91. The van der Waals surface area contributed by atoms with Crippen molar-refractivity contribution in [1.29, 1.82) is 0 Å². The number of nitrogens with two attached hydrogens (primary N) is 1. The fourth-order valence-electron chi connectivity index (χ4n) is 2.45. The van der Waals surface area contributed by atoms with E-state index in [1.54, 1.807) is 7.11 Å². The van der Waals surface area contributed by atoms with E-state index >= 15 is 0 Å². The van der Waals surface area contributed by atoms with Crippen LogP contribution in [0.25, 0.3) is 0 Å². The molecule has 4 nitrogen and oxygen atoms in total. The Morgan fingerprint density at radius 1 is 1.42 bits per heavy atom. The highest BCUT2D eigenvalue weighted by Crippen LogP contribution is 2.25. The van der Waals surface area contributed by atoms with E-state index in [0.717, 1.165) is 48.6 Å². The van der Waals surface area contributed by atoms with E-state index in [2.05, 4.69) is 16.8 Å². The van der Waals surface area contributed by atoms with E-state index in [0.29, 0.717) is 6.04 Å². The molecule has 1 fully saturated rings. The van der Waals surface area contributed by atoms with E-state index in [-0.39, 0.29) is 24.8 Å². The van der Waals surface area contributed by atoms with E-state index in [9.17, 15) is 0 Å². The van der Waals surface area contributed by atoms with Crippen molar-refractivity contribution in [3.05, 3.63) is 23.0 Å². The Morgan fingerprint density at radius 3 is 2.63 bits per heavy atom. The first-order chi connectivity index (χ1) is 8.11. The lowest BCUT2D eigenvalue weighted by atomic mass is 10.1. The summed E-state index contributed by atoms with van der Waals surface area (Å²) in [5.74, 6) is 0.957. The average Bonchev–Trinajstić information content (AvgIpc) is 2.69. The van der Waals surface area contributed by atoms with Gasteiger partial charge in [0.2, 0.25) is 0 Å². The SMILES string of the molecule is COc1c(C)cnc(CN2CC[C@@H](N)C2)c1C.Cl.Cl. The van der Waals surface area contributed by atoms with Gasteiger partial charge in [0.25, 0.3) is 0 Å². The average molecular weight is 308 g/mol. The Labute approximate surface area is 127 Å². The quantitative estimate of drug-likeness (QED) is 0.929. The zero-order valence-corrected chi connectivity index (χ0v) is 13.3. The van der Waals surface area contributed by atoms with Crippen LogP contribution in [0.2, 0.25) is 0 Å².